The van der Waals surface area contributed by atoms with Gasteiger partial charge in [0.05, 0.1) is 15.7 Å². The molecule has 1 amide bonds. The zero-order chi connectivity index (χ0) is 15.7. The molecule has 0 unspecified atom stereocenters. The summed E-state index contributed by atoms with van der Waals surface area (Å²) in [5.41, 5.74) is 0.747. The molecule has 2 aromatic carbocycles. The van der Waals surface area contributed by atoms with E-state index in [0.29, 0.717) is 23.6 Å². The van der Waals surface area contributed by atoms with Crippen molar-refractivity contribution in [2.24, 2.45) is 0 Å². The summed E-state index contributed by atoms with van der Waals surface area (Å²) in [5.74, 6) is -0.529. The molecule has 0 bridgehead atoms. The third-order valence-electron chi connectivity index (χ3n) is 2.52. The van der Waals surface area contributed by atoms with Gasteiger partial charge in [-0.05, 0) is 72.1 Å². The van der Waals surface area contributed by atoms with E-state index in [4.69, 9.17) is 0 Å². The van der Waals surface area contributed by atoms with Gasteiger partial charge in [-0.25, -0.2) is 0 Å². The fraction of sp³-hybridized carbons (Fsp3) is 0. The van der Waals surface area contributed by atoms with Gasteiger partial charge in [0, 0.05) is 17.9 Å². The molecule has 0 aromatic heterocycles. The Morgan fingerprint density at radius 1 is 0.857 bits per heavy atom. The van der Waals surface area contributed by atoms with Gasteiger partial charge in [-0.2, -0.15) is 0 Å². The van der Waals surface area contributed by atoms with E-state index in [1.807, 2.05) is 12.1 Å². The van der Waals surface area contributed by atoms with Crippen LogP contribution < -0.4 is 5.32 Å². The lowest BCUT2D eigenvalue weighted by molar-refractivity contribution is 0.102. The summed E-state index contributed by atoms with van der Waals surface area (Å²) in [4.78, 5) is 12.4. The van der Waals surface area contributed by atoms with Gasteiger partial charge in [0.2, 0.25) is 0 Å². The molecule has 21 heavy (non-hydrogen) atoms. The van der Waals surface area contributed by atoms with Crippen molar-refractivity contribution in [2.75, 3.05) is 5.32 Å². The number of hydrogen-bond acceptors (Lipinski definition) is 2. The Morgan fingerprint density at radius 3 is 1.90 bits per heavy atom. The number of aromatic hydroxyl groups is 1. The van der Waals surface area contributed by atoms with Gasteiger partial charge < -0.3 is 10.4 Å². The molecule has 0 spiro atoms. The van der Waals surface area contributed by atoms with Gasteiger partial charge in [0.1, 0.15) is 5.75 Å². The predicted octanol–water partition coefficient (Wildman–Crippen LogP) is 6.46. The van der Waals surface area contributed by atoms with E-state index < -0.39 is 5.91 Å². The largest absolute Gasteiger partial charge is 0.506 e. The number of phenolic OH excluding ortho intramolecular Hbond substituents is 1. The van der Waals surface area contributed by atoms with Crippen LogP contribution in [0, 0.1) is 0 Å². The molecule has 0 fully saturated rings. The quantitative estimate of drug-likeness (QED) is 0.412. The van der Waals surface area contributed by atoms with Gasteiger partial charge in [-0.1, -0.05) is 31.9 Å². The summed E-state index contributed by atoms with van der Waals surface area (Å²) in [6, 6.07) is 6.85. The molecule has 0 aliphatic rings. The molecule has 0 aliphatic heterocycles. The molecule has 0 aliphatic carbocycles. The minimum Gasteiger partial charge on any atom is -0.506 e. The highest BCUT2D eigenvalue weighted by atomic mass is 79.9. The average Bonchev–Trinajstić information content (AvgIpc) is 2.37. The van der Waals surface area contributed by atoms with Crippen LogP contribution in [0.1, 0.15) is 10.4 Å². The second kappa shape index (κ2) is 7.12. The molecule has 2 rings (SSSR count). The van der Waals surface area contributed by atoms with Gasteiger partial charge in [-0.15, -0.1) is 0 Å². The monoisotopic (exact) mass is 603 g/mol. The van der Waals surface area contributed by atoms with Crippen molar-refractivity contribution < 1.29 is 9.90 Å². The number of nitrogens with one attached hydrogen (secondary N) is 1. The third kappa shape index (κ3) is 4.10. The highest BCUT2D eigenvalue weighted by molar-refractivity contribution is 9.12. The molecule has 3 nitrogen and oxygen atoms in total. The molecule has 0 atom stereocenters. The second-order valence-corrected chi connectivity index (χ2v) is 8.38. The fourth-order valence-corrected chi connectivity index (χ4v) is 5.26. The van der Waals surface area contributed by atoms with Crippen LogP contribution in [-0.4, -0.2) is 11.0 Å². The lowest BCUT2D eigenvalue weighted by Crippen LogP contribution is -2.13. The molecule has 0 heterocycles. The maximum absolute atomic E-state index is 12.4. The minimum atomic E-state index is -0.418. The first kappa shape index (κ1) is 17.5. The van der Waals surface area contributed by atoms with E-state index in [2.05, 4.69) is 85.0 Å². The minimum absolute atomic E-state index is 0.111. The van der Waals surface area contributed by atoms with Crippen LogP contribution in [0.15, 0.2) is 46.6 Å². The normalized spacial score (nSPS) is 10.5. The molecule has 0 saturated heterocycles. The number of hydrogen-bond donors (Lipinski definition) is 2. The van der Waals surface area contributed by atoms with E-state index in [1.165, 1.54) is 0 Å². The Balaban J connectivity index is 2.40. The molecule has 8 heteroatoms. The summed E-state index contributed by atoms with van der Waals surface area (Å²) in [6.07, 6.45) is 0. The Labute approximate surface area is 163 Å². The highest BCUT2D eigenvalue weighted by Crippen LogP contribution is 2.36. The first-order valence-electron chi connectivity index (χ1n) is 5.43. The van der Waals surface area contributed by atoms with E-state index in [-0.39, 0.29) is 11.3 Å². The fourth-order valence-electron chi connectivity index (χ4n) is 1.58. The zero-order valence-electron chi connectivity index (χ0n) is 10.1. The van der Waals surface area contributed by atoms with Crippen LogP contribution in [0.4, 0.5) is 5.69 Å². The van der Waals surface area contributed by atoms with Crippen LogP contribution in [0.5, 0.6) is 5.75 Å². The summed E-state index contributed by atoms with van der Waals surface area (Å²) in [6.45, 7) is 0. The number of halogens is 5. The van der Waals surface area contributed by atoms with Crippen molar-refractivity contribution in [2.45, 2.75) is 0 Å². The Kier molecular flexibility index (Phi) is 5.92. The predicted molar refractivity (Wildman–Crippen MR) is 101 cm³/mol. The Morgan fingerprint density at radius 2 is 1.33 bits per heavy atom. The van der Waals surface area contributed by atoms with Crippen LogP contribution in [0.2, 0.25) is 0 Å². The molecule has 0 radical (unpaired) electrons. The maximum Gasteiger partial charge on any atom is 0.259 e. The molecular formula is C13H6Br5NO2. The van der Waals surface area contributed by atoms with E-state index in [0.717, 1.165) is 4.47 Å². The van der Waals surface area contributed by atoms with Crippen molar-refractivity contribution in [3.05, 3.63) is 52.2 Å². The standard InChI is InChI=1S/C13H6Br5NO2/c14-5-1-7(12(20)10(18)4-5)13(21)19-11-8(16)2-6(15)3-9(11)17/h1-4,20H,(H,19,21). The molecule has 110 valence electrons. The number of amides is 1. The number of anilines is 1. The molecule has 0 saturated carbocycles. The van der Waals surface area contributed by atoms with Gasteiger partial charge in [0.15, 0.2) is 0 Å². The topological polar surface area (TPSA) is 49.3 Å². The summed E-state index contributed by atoms with van der Waals surface area (Å²) >= 11 is 16.6. The summed E-state index contributed by atoms with van der Waals surface area (Å²) in [5, 5.41) is 12.8. The number of carbonyl (C=O) groups is 1. The lowest BCUT2D eigenvalue weighted by Gasteiger charge is -2.12. The number of carbonyl (C=O) groups excluding carboxylic acids is 1. The van der Waals surface area contributed by atoms with Crippen molar-refractivity contribution in [1.29, 1.82) is 0 Å². The average molecular weight is 608 g/mol. The number of benzene rings is 2. The van der Waals surface area contributed by atoms with E-state index in [1.54, 1.807) is 12.1 Å². The molecular weight excluding hydrogens is 602 g/mol. The first-order valence-corrected chi connectivity index (χ1v) is 9.40. The summed E-state index contributed by atoms with van der Waals surface area (Å²) in [7, 11) is 0. The van der Waals surface area contributed by atoms with E-state index in [9.17, 15) is 9.90 Å². The van der Waals surface area contributed by atoms with Crippen molar-refractivity contribution in [3.63, 3.8) is 0 Å². The Bertz CT molecular complexity index is 710. The highest BCUT2D eigenvalue weighted by Gasteiger charge is 2.17. The van der Waals surface area contributed by atoms with Crippen LogP contribution in [-0.2, 0) is 0 Å². The third-order valence-corrected chi connectivity index (χ3v) is 5.29. The first-order chi connectivity index (χ1) is 9.79. The zero-order valence-corrected chi connectivity index (χ0v) is 18.0. The Hall–Kier alpha value is 0.110. The van der Waals surface area contributed by atoms with Gasteiger partial charge in [0.25, 0.3) is 5.91 Å². The molecule has 2 aromatic rings. The van der Waals surface area contributed by atoms with Crippen molar-refractivity contribution >= 4 is 91.2 Å². The summed E-state index contributed by atoms with van der Waals surface area (Å²) < 4.78 is 3.42. The van der Waals surface area contributed by atoms with Crippen molar-refractivity contribution in [3.8, 4) is 5.75 Å². The van der Waals surface area contributed by atoms with Gasteiger partial charge in [-0.3, -0.25) is 4.79 Å². The number of rotatable bonds is 2. The maximum atomic E-state index is 12.4. The second-order valence-electron chi connectivity index (χ2n) is 3.98. The SMILES string of the molecule is O=C(Nc1c(Br)cc(Br)cc1Br)c1cc(Br)cc(Br)c1O. The van der Waals surface area contributed by atoms with E-state index >= 15 is 0 Å². The van der Waals surface area contributed by atoms with Crippen LogP contribution >= 0.6 is 79.6 Å². The molecule has 2 N–H and O–H groups in total. The smallest absolute Gasteiger partial charge is 0.259 e. The van der Waals surface area contributed by atoms with Crippen molar-refractivity contribution in [1.82, 2.24) is 0 Å². The van der Waals surface area contributed by atoms with Crippen LogP contribution in [0.3, 0.4) is 0 Å². The van der Waals surface area contributed by atoms with Gasteiger partial charge >= 0.3 is 0 Å². The van der Waals surface area contributed by atoms with Crippen LogP contribution in [0.25, 0.3) is 0 Å². The number of phenols is 1. The lowest BCUT2D eigenvalue weighted by atomic mass is 10.2.